The summed E-state index contributed by atoms with van der Waals surface area (Å²) < 4.78 is 0. The van der Waals surface area contributed by atoms with Gasteiger partial charge in [-0.25, -0.2) is 4.98 Å². The molecule has 1 saturated heterocycles. The van der Waals surface area contributed by atoms with Gasteiger partial charge in [0, 0.05) is 38.4 Å². The summed E-state index contributed by atoms with van der Waals surface area (Å²) in [6, 6.07) is 13.2. The smallest absolute Gasteiger partial charge is 0.209 e. The van der Waals surface area contributed by atoms with Crippen LogP contribution in [0, 0.1) is 0 Å². The van der Waals surface area contributed by atoms with Gasteiger partial charge >= 0.3 is 0 Å². The van der Waals surface area contributed by atoms with E-state index in [1.807, 2.05) is 12.1 Å². The molecule has 31 heavy (non-hydrogen) atoms. The predicted octanol–water partition coefficient (Wildman–Crippen LogP) is 4.75. The lowest BCUT2D eigenvalue weighted by atomic mass is 10.1. The van der Waals surface area contributed by atoms with Gasteiger partial charge in [0.2, 0.25) is 5.78 Å². The largest absolute Gasteiger partial charge is 0.382 e. The second kappa shape index (κ2) is 9.54. The first-order valence-electron chi connectivity index (χ1n) is 9.92. The highest BCUT2D eigenvalue weighted by atomic mass is 35.5. The van der Waals surface area contributed by atoms with Crippen molar-refractivity contribution in [1.29, 1.82) is 0 Å². The van der Waals surface area contributed by atoms with Crippen molar-refractivity contribution in [2.45, 2.75) is 6.54 Å². The SMILES string of the molecule is CN1CCN(Cc2ccc(Nc3nc(N)c(C(=O)c4c(Cl)cccc4Cl)s3)cc2)CC1. The summed E-state index contributed by atoms with van der Waals surface area (Å²) >= 11 is 13.5. The Morgan fingerprint density at radius 2 is 1.74 bits per heavy atom. The molecule has 0 atom stereocenters. The van der Waals surface area contributed by atoms with Crippen molar-refractivity contribution in [2.24, 2.45) is 0 Å². The molecule has 2 aromatic carbocycles. The highest BCUT2D eigenvalue weighted by Gasteiger charge is 2.22. The van der Waals surface area contributed by atoms with E-state index in [2.05, 4.69) is 39.3 Å². The quantitative estimate of drug-likeness (QED) is 0.500. The molecule has 2 heterocycles. The van der Waals surface area contributed by atoms with Gasteiger partial charge in [-0.05, 0) is 36.9 Å². The maximum atomic E-state index is 12.9. The summed E-state index contributed by atoms with van der Waals surface area (Å²) in [5.41, 5.74) is 8.39. The number of benzene rings is 2. The molecular weight excluding hydrogens is 453 g/mol. The van der Waals surface area contributed by atoms with E-state index in [4.69, 9.17) is 28.9 Å². The third kappa shape index (κ3) is 5.19. The zero-order valence-electron chi connectivity index (χ0n) is 17.1. The van der Waals surface area contributed by atoms with Crippen LogP contribution in [0.25, 0.3) is 0 Å². The molecule has 0 spiro atoms. The molecule has 1 aliphatic heterocycles. The number of ketones is 1. The second-order valence-corrected chi connectivity index (χ2v) is 9.37. The number of piperazine rings is 1. The topological polar surface area (TPSA) is 74.5 Å². The van der Waals surface area contributed by atoms with Crippen molar-refractivity contribution >= 4 is 57.0 Å². The van der Waals surface area contributed by atoms with Gasteiger partial charge in [-0.15, -0.1) is 0 Å². The molecule has 0 aliphatic carbocycles. The van der Waals surface area contributed by atoms with Gasteiger partial charge in [0.25, 0.3) is 0 Å². The molecule has 6 nitrogen and oxygen atoms in total. The summed E-state index contributed by atoms with van der Waals surface area (Å²) in [4.78, 5) is 22.3. The number of likely N-dealkylation sites (N-methyl/N-ethyl adjacent to an activating group) is 1. The average molecular weight is 476 g/mol. The van der Waals surface area contributed by atoms with Gasteiger partial charge in [-0.3, -0.25) is 9.69 Å². The molecule has 1 aromatic heterocycles. The van der Waals surface area contributed by atoms with E-state index < -0.39 is 0 Å². The highest BCUT2D eigenvalue weighted by Crippen LogP contribution is 2.34. The third-order valence-electron chi connectivity index (χ3n) is 5.26. The molecule has 3 aromatic rings. The van der Waals surface area contributed by atoms with Gasteiger partial charge < -0.3 is 16.0 Å². The molecule has 0 radical (unpaired) electrons. The number of thiazole rings is 1. The Balaban J connectivity index is 1.44. The average Bonchev–Trinajstić information content (AvgIpc) is 3.11. The fraction of sp³-hybridized carbons (Fsp3) is 0.273. The maximum Gasteiger partial charge on any atom is 0.209 e. The van der Waals surface area contributed by atoms with Crippen molar-refractivity contribution in [3.8, 4) is 0 Å². The van der Waals surface area contributed by atoms with Crippen molar-refractivity contribution in [3.63, 3.8) is 0 Å². The van der Waals surface area contributed by atoms with E-state index in [1.54, 1.807) is 18.2 Å². The Bertz CT molecular complexity index is 1060. The molecule has 0 bridgehead atoms. The van der Waals surface area contributed by atoms with Crippen LogP contribution in [-0.4, -0.2) is 53.8 Å². The summed E-state index contributed by atoms with van der Waals surface area (Å²) in [5.74, 6) is -0.179. The number of hydrogen-bond acceptors (Lipinski definition) is 7. The number of carbonyl (C=O) groups excluding carboxylic acids is 1. The number of carbonyl (C=O) groups is 1. The number of nitrogens with zero attached hydrogens (tertiary/aromatic N) is 3. The summed E-state index contributed by atoms with van der Waals surface area (Å²) in [7, 11) is 2.16. The summed E-state index contributed by atoms with van der Waals surface area (Å²) in [6.07, 6.45) is 0. The lowest BCUT2D eigenvalue weighted by Gasteiger charge is -2.32. The minimum atomic E-state index is -0.332. The van der Waals surface area contributed by atoms with Crippen LogP contribution in [0.1, 0.15) is 20.8 Å². The van der Waals surface area contributed by atoms with Crippen molar-refractivity contribution in [2.75, 3.05) is 44.3 Å². The Morgan fingerprint density at radius 1 is 1.10 bits per heavy atom. The predicted molar refractivity (Wildman–Crippen MR) is 129 cm³/mol. The van der Waals surface area contributed by atoms with Crippen LogP contribution >= 0.6 is 34.5 Å². The number of nitrogens with one attached hydrogen (secondary N) is 1. The van der Waals surface area contributed by atoms with Crippen LogP contribution in [0.15, 0.2) is 42.5 Å². The van der Waals surface area contributed by atoms with Gasteiger partial charge in [0.1, 0.15) is 10.7 Å². The molecule has 4 rings (SSSR count). The van der Waals surface area contributed by atoms with Crippen molar-refractivity contribution in [3.05, 3.63) is 68.5 Å². The fourth-order valence-corrected chi connectivity index (χ4v) is 4.88. The van der Waals surface area contributed by atoms with Gasteiger partial charge in [-0.2, -0.15) is 0 Å². The fourth-order valence-electron chi connectivity index (χ4n) is 3.46. The monoisotopic (exact) mass is 475 g/mol. The molecule has 9 heteroatoms. The highest BCUT2D eigenvalue weighted by molar-refractivity contribution is 7.18. The lowest BCUT2D eigenvalue weighted by molar-refractivity contribution is 0.104. The Hall–Kier alpha value is -2.16. The first-order chi connectivity index (χ1) is 14.9. The minimum absolute atomic E-state index is 0.153. The Labute approximate surface area is 195 Å². The summed E-state index contributed by atoms with van der Waals surface area (Å²) in [6.45, 7) is 5.31. The van der Waals surface area contributed by atoms with Crippen LogP contribution in [0.4, 0.5) is 16.6 Å². The Kier molecular flexibility index (Phi) is 6.79. The third-order valence-corrected chi connectivity index (χ3v) is 6.87. The zero-order valence-corrected chi connectivity index (χ0v) is 19.4. The van der Waals surface area contributed by atoms with E-state index in [1.165, 1.54) is 16.9 Å². The molecule has 162 valence electrons. The van der Waals surface area contributed by atoms with Gasteiger partial charge in [-0.1, -0.05) is 52.7 Å². The van der Waals surface area contributed by atoms with E-state index in [-0.39, 0.29) is 27.2 Å². The van der Waals surface area contributed by atoms with Crippen LogP contribution < -0.4 is 11.1 Å². The molecule has 0 amide bonds. The minimum Gasteiger partial charge on any atom is -0.382 e. The van der Waals surface area contributed by atoms with E-state index in [0.717, 1.165) is 38.4 Å². The number of aromatic nitrogens is 1. The first-order valence-corrected chi connectivity index (χ1v) is 11.5. The number of anilines is 3. The maximum absolute atomic E-state index is 12.9. The van der Waals surface area contributed by atoms with E-state index >= 15 is 0 Å². The van der Waals surface area contributed by atoms with E-state index in [0.29, 0.717) is 10.0 Å². The number of halogens is 2. The normalized spacial score (nSPS) is 15.2. The van der Waals surface area contributed by atoms with Gasteiger partial charge in [0.15, 0.2) is 5.13 Å². The van der Waals surface area contributed by atoms with Crippen LogP contribution in [0.5, 0.6) is 0 Å². The van der Waals surface area contributed by atoms with Crippen LogP contribution in [0.2, 0.25) is 10.0 Å². The molecule has 1 aliphatic rings. The number of hydrogen-bond donors (Lipinski definition) is 2. The molecular formula is C22H23Cl2N5OS. The second-order valence-electron chi connectivity index (χ2n) is 7.56. The van der Waals surface area contributed by atoms with Gasteiger partial charge in [0.05, 0.1) is 15.6 Å². The molecule has 1 fully saturated rings. The van der Waals surface area contributed by atoms with Crippen LogP contribution in [0.3, 0.4) is 0 Å². The number of nitrogens with two attached hydrogens (primary N) is 1. The number of nitrogen functional groups attached to an aromatic ring is 1. The molecule has 0 saturated carbocycles. The van der Waals surface area contributed by atoms with Crippen LogP contribution in [-0.2, 0) is 6.54 Å². The zero-order chi connectivity index (χ0) is 22.0. The Morgan fingerprint density at radius 3 is 2.39 bits per heavy atom. The van der Waals surface area contributed by atoms with E-state index in [9.17, 15) is 4.79 Å². The van der Waals surface area contributed by atoms with Crippen molar-refractivity contribution in [1.82, 2.24) is 14.8 Å². The first kappa shape index (κ1) is 22.0. The standard InChI is InChI=1S/C22H23Cl2N5OS/c1-28-9-11-29(12-10-28)13-14-5-7-15(8-6-14)26-22-27-21(25)20(31-22)19(30)18-16(23)3-2-4-17(18)24/h2-8H,9-13,25H2,1H3,(H,26,27). The molecule has 0 unspecified atom stereocenters. The molecule has 3 N–H and O–H groups in total. The lowest BCUT2D eigenvalue weighted by Crippen LogP contribution is -2.43. The summed E-state index contributed by atoms with van der Waals surface area (Å²) in [5, 5.41) is 4.34. The van der Waals surface area contributed by atoms with Crippen molar-refractivity contribution < 1.29 is 4.79 Å². The number of rotatable bonds is 6.